The average Bonchev–Trinajstić information content (AvgIpc) is 2.31. The van der Waals surface area contributed by atoms with Crippen molar-refractivity contribution < 1.29 is 4.79 Å². The molecule has 0 bridgehead atoms. The Hall–Kier alpha value is -0.710. The zero-order valence-corrected chi connectivity index (χ0v) is 13.3. The highest BCUT2D eigenvalue weighted by molar-refractivity contribution is 8.00. The minimum Gasteiger partial charge on any atom is -0.324 e. The molecule has 0 aliphatic carbocycles. The maximum atomic E-state index is 11.9. The minimum absolute atomic E-state index is 0. The number of hydrogen-bond donors (Lipinski definition) is 2. The number of halogens is 1. The van der Waals surface area contributed by atoms with Crippen LogP contribution >= 0.6 is 24.2 Å². The van der Waals surface area contributed by atoms with E-state index in [9.17, 15) is 4.79 Å². The molecule has 3 nitrogen and oxygen atoms in total. The molecular formula is C14H23ClN2OS. The molecule has 0 saturated carbocycles. The molecule has 19 heavy (non-hydrogen) atoms. The largest absolute Gasteiger partial charge is 0.324 e. The smallest absolute Gasteiger partial charge is 0.241 e. The van der Waals surface area contributed by atoms with Gasteiger partial charge in [-0.3, -0.25) is 4.79 Å². The fourth-order valence-electron chi connectivity index (χ4n) is 1.59. The van der Waals surface area contributed by atoms with Gasteiger partial charge in [-0.05, 0) is 18.6 Å². The Morgan fingerprint density at radius 2 is 2.00 bits per heavy atom. The summed E-state index contributed by atoms with van der Waals surface area (Å²) < 4.78 is 0. The second-order valence-corrected chi connectivity index (χ2v) is 6.17. The lowest BCUT2D eigenvalue weighted by atomic mass is 10.1. The van der Waals surface area contributed by atoms with Gasteiger partial charge in [0.15, 0.2) is 0 Å². The zero-order valence-electron chi connectivity index (χ0n) is 11.7. The number of para-hydroxylation sites is 1. The van der Waals surface area contributed by atoms with Crippen LogP contribution < -0.4 is 11.1 Å². The molecule has 0 fully saturated rings. The molecule has 1 rings (SSSR count). The Balaban J connectivity index is 0.00000324. The van der Waals surface area contributed by atoms with Gasteiger partial charge in [0.25, 0.3) is 0 Å². The van der Waals surface area contributed by atoms with Crippen molar-refractivity contribution in [2.75, 3.05) is 5.32 Å². The lowest BCUT2D eigenvalue weighted by molar-refractivity contribution is -0.117. The number of carbonyl (C=O) groups is 1. The van der Waals surface area contributed by atoms with E-state index in [0.29, 0.717) is 11.7 Å². The van der Waals surface area contributed by atoms with Crippen molar-refractivity contribution in [2.45, 2.75) is 49.8 Å². The van der Waals surface area contributed by atoms with Crippen LogP contribution in [0.25, 0.3) is 0 Å². The van der Waals surface area contributed by atoms with Crippen LogP contribution in [0.2, 0.25) is 0 Å². The Labute approximate surface area is 126 Å². The third-order valence-corrected chi connectivity index (χ3v) is 3.53. The van der Waals surface area contributed by atoms with Gasteiger partial charge in [0.1, 0.15) is 0 Å². The van der Waals surface area contributed by atoms with Gasteiger partial charge in [-0.15, -0.1) is 24.2 Å². The number of hydrogen-bond acceptors (Lipinski definition) is 3. The molecule has 0 aliphatic rings. The predicted molar refractivity (Wildman–Crippen MR) is 86.2 cm³/mol. The summed E-state index contributed by atoms with van der Waals surface area (Å²) in [5, 5.41) is 3.39. The van der Waals surface area contributed by atoms with Crippen molar-refractivity contribution in [3.05, 3.63) is 24.3 Å². The van der Waals surface area contributed by atoms with Crippen LogP contribution in [0.5, 0.6) is 0 Å². The first kappa shape index (κ1) is 18.3. The summed E-state index contributed by atoms with van der Waals surface area (Å²) in [6, 6.07) is 7.41. The van der Waals surface area contributed by atoms with Crippen molar-refractivity contribution >= 4 is 35.8 Å². The second kappa shape index (κ2) is 9.23. The summed E-state index contributed by atoms with van der Waals surface area (Å²) in [6.07, 6.45) is 1.63. The number of nitrogens with two attached hydrogens (primary N) is 1. The molecule has 1 atom stereocenters. The summed E-state index contributed by atoms with van der Waals surface area (Å²) >= 11 is 1.74. The van der Waals surface area contributed by atoms with Gasteiger partial charge < -0.3 is 11.1 Å². The minimum atomic E-state index is -0.424. The van der Waals surface area contributed by atoms with E-state index in [1.807, 2.05) is 31.2 Å². The highest BCUT2D eigenvalue weighted by Gasteiger charge is 2.14. The molecule has 108 valence electrons. The third-order valence-electron chi connectivity index (χ3n) is 2.44. The summed E-state index contributed by atoms with van der Waals surface area (Å²) in [5.41, 5.74) is 6.66. The monoisotopic (exact) mass is 302 g/mol. The lowest BCUT2D eigenvalue weighted by Gasteiger charge is -2.15. The maximum Gasteiger partial charge on any atom is 0.241 e. The van der Waals surface area contributed by atoms with E-state index in [0.717, 1.165) is 17.0 Å². The van der Waals surface area contributed by atoms with E-state index >= 15 is 0 Å². The fourth-order valence-corrected chi connectivity index (χ4v) is 2.51. The van der Waals surface area contributed by atoms with Crippen molar-refractivity contribution in [2.24, 2.45) is 5.73 Å². The van der Waals surface area contributed by atoms with E-state index < -0.39 is 6.04 Å². The first-order valence-electron chi connectivity index (χ1n) is 6.36. The Morgan fingerprint density at radius 3 is 2.58 bits per heavy atom. The van der Waals surface area contributed by atoms with E-state index in [1.165, 1.54) is 0 Å². The summed E-state index contributed by atoms with van der Waals surface area (Å²) in [4.78, 5) is 13.0. The molecule has 0 heterocycles. The van der Waals surface area contributed by atoms with Gasteiger partial charge in [0, 0.05) is 10.1 Å². The summed E-state index contributed by atoms with van der Waals surface area (Å²) in [7, 11) is 0. The van der Waals surface area contributed by atoms with E-state index in [4.69, 9.17) is 5.73 Å². The molecule has 1 aromatic carbocycles. The molecule has 0 aliphatic heterocycles. The number of amides is 1. The number of rotatable bonds is 6. The number of benzene rings is 1. The van der Waals surface area contributed by atoms with Crippen molar-refractivity contribution in [3.8, 4) is 0 Å². The van der Waals surface area contributed by atoms with Gasteiger partial charge >= 0.3 is 0 Å². The van der Waals surface area contributed by atoms with E-state index in [1.54, 1.807) is 11.8 Å². The van der Waals surface area contributed by atoms with Crippen LogP contribution in [0, 0.1) is 0 Å². The van der Waals surface area contributed by atoms with E-state index in [-0.39, 0.29) is 18.3 Å². The topological polar surface area (TPSA) is 55.1 Å². The second-order valence-electron chi connectivity index (χ2n) is 4.55. The molecule has 0 saturated heterocycles. The molecule has 3 N–H and O–H groups in total. The van der Waals surface area contributed by atoms with Gasteiger partial charge in [0.05, 0.1) is 11.7 Å². The molecule has 1 amide bonds. The molecule has 5 heteroatoms. The van der Waals surface area contributed by atoms with Crippen LogP contribution in [-0.4, -0.2) is 17.2 Å². The number of carbonyl (C=O) groups excluding carboxylic acids is 1. The van der Waals surface area contributed by atoms with Crippen LogP contribution in [0.15, 0.2) is 29.2 Å². The van der Waals surface area contributed by atoms with Gasteiger partial charge in [-0.2, -0.15) is 0 Å². The number of nitrogens with one attached hydrogen (secondary N) is 1. The number of anilines is 1. The lowest BCUT2D eigenvalue weighted by Crippen LogP contribution is -2.35. The highest BCUT2D eigenvalue weighted by Crippen LogP contribution is 2.30. The average molecular weight is 303 g/mol. The van der Waals surface area contributed by atoms with Crippen molar-refractivity contribution in [1.29, 1.82) is 0 Å². The van der Waals surface area contributed by atoms with Gasteiger partial charge in [-0.25, -0.2) is 0 Å². The zero-order chi connectivity index (χ0) is 13.5. The standard InChI is InChI=1S/C14H22N2OS.ClH/c1-4-7-11(15)14(17)16-12-8-5-6-9-13(12)18-10(2)3;/h5-6,8-11H,4,7,15H2,1-3H3,(H,16,17);1H. The van der Waals surface area contributed by atoms with Gasteiger partial charge in [-0.1, -0.05) is 39.3 Å². The maximum absolute atomic E-state index is 11.9. The molecule has 0 radical (unpaired) electrons. The molecular weight excluding hydrogens is 280 g/mol. The van der Waals surface area contributed by atoms with Crippen molar-refractivity contribution in [1.82, 2.24) is 0 Å². The van der Waals surface area contributed by atoms with Crippen LogP contribution in [0.3, 0.4) is 0 Å². The fraction of sp³-hybridized carbons (Fsp3) is 0.500. The third kappa shape index (κ3) is 6.32. The highest BCUT2D eigenvalue weighted by atomic mass is 35.5. The van der Waals surface area contributed by atoms with E-state index in [2.05, 4.69) is 19.2 Å². The molecule has 1 aromatic rings. The summed E-state index contributed by atoms with van der Waals surface area (Å²) in [5.74, 6) is -0.103. The Morgan fingerprint density at radius 1 is 1.37 bits per heavy atom. The molecule has 1 unspecified atom stereocenters. The first-order chi connectivity index (χ1) is 8.54. The molecule has 0 spiro atoms. The first-order valence-corrected chi connectivity index (χ1v) is 7.24. The van der Waals surface area contributed by atoms with Crippen LogP contribution in [-0.2, 0) is 4.79 Å². The predicted octanol–water partition coefficient (Wildman–Crippen LogP) is 3.67. The normalized spacial score (nSPS) is 11.8. The molecule has 0 aromatic heterocycles. The quantitative estimate of drug-likeness (QED) is 0.788. The van der Waals surface area contributed by atoms with Crippen molar-refractivity contribution in [3.63, 3.8) is 0 Å². The van der Waals surface area contributed by atoms with Gasteiger partial charge in [0.2, 0.25) is 5.91 Å². The van der Waals surface area contributed by atoms with Crippen LogP contribution in [0.1, 0.15) is 33.6 Å². The number of thioether (sulfide) groups is 1. The SMILES string of the molecule is CCCC(N)C(=O)Nc1ccccc1SC(C)C.Cl. The Kier molecular flexibility index (Phi) is 8.89. The Bertz CT molecular complexity index is 399. The van der Waals surface area contributed by atoms with Crippen LogP contribution in [0.4, 0.5) is 5.69 Å². The summed E-state index contributed by atoms with van der Waals surface area (Å²) in [6.45, 7) is 6.29.